The van der Waals surface area contributed by atoms with Crippen LogP contribution in [0.2, 0.25) is 0 Å². The van der Waals surface area contributed by atoms with Crippen LogP contribution in [0.4, 0.5) is 0 Å². The molecule has 1 saturated heterocycles. The van der Waals surface area contributed by atoms with Crippen molar-refractivity contribution in [3.63, 3.8) is 0 Å². The van der Waals surface area contributed by atoms with Gasteiger partial charge in [-0.15, -0.1) is 0 Å². The van der Waals surface area contributed by atoms with Crippen LogP contribution < -0.4 is 5.73 Å². The first-order chi connectivity index (χ1) is 8.75. The van der Waals surface area contributed by atoms with E-state index in [1.54, 1.807) is 4.90 Å². The molecule has 0 saturated carbocycles. The quantitative estimate of drug-likeness (QED) is 0.673. The minimum absolute atomic E-state index is 0.0156. The highest BCUT2D eigenvalue weighted by atomic mass is 16.3. The molecule has 1 unspecified atom stereocenters. The SMILES string of the molecule is CC(C)(C)C(CCN)CCC(=O)N1C[C@@H](O)[C@@H](O)C1. The lowest BCUT2D eigenvalue weighted by atomic mass is 9.76. The van der Waals surface area contributed by atoms with Crippen molar-refractivity contribution < 1.29 is 15.0 Å². The number of aliphatic hydroxyl groups is 2. The van der Waals surface area contributed by atoms with Gasteiger partial charge in [-0.25, -0.2) is 0 Å². The van der Waals surface area contributed by atoms with E-state index in [0.717, 1.165) is 12.8 Å². The third-order valence-electron chi connectivity index (χ3n) is 4.06. The molecule has 0 aliphatic carbocycles. The average molecular weight is 272 g/mol. The summed E-state index contributed by atoms with van der Waals surface area (Å²) in [6.07, 6.45) is 0.587. The Bertz CT molecular complexity index is 292. The van der Waals surface area contributed by atoms with E-state index in [-0.39, 0.29) is 24.4 Å². The number of carbonyl (C=O) groups excluding carboxylic acids is 1. The maximum absolute atomic E-state index is 12.0. The van der Waals surface area contributed by atoms with Crippen molar-refractivity contribution >= 4 is 5.91 Å². The molecule has 0 aromatic heterocycles. The lowest BCUT2D eigenvalue weighted by Gasteiger charge is -2.31. The summed E-state index contributed by atoms with van der Waals surface area (Å²) in [6, 6.07) is 0. The molecule has 1 amide bonds. The van der Waals surface area contributed by atoms with E-state index in [9.17, 15) is 15.0 Å². The number of β-amino-alcohol motifs (C(OH)–C–C–N with tert-alkyl or cyclic N) is 2. The van der Waals surface area contributed by atoms with Gasteiger partial charge in [0.05, 0.1) is 12.2 Å². The normalized spacial score (nSPS) is 25.7. The molecule has 0 aromatic rings. The van der Waals surface area contributed by atoms with Crippen molar-refractivity contribution in [1.82, 2.24) is 4.90 Å². The van der Waals surface area contributed by atoms with Crippen molar-refractivity contribution in [2.24, 2.45) is 17.1 Å². The number of likely N-dealkylation sites (tertiary alicyclic amines) is 1. The molecule has 5 nitrogen and oxygen atoms in total. The average Bonchev–Trinajstić information content (AvgIpc) is 2.63. The lowest BCUT2D eigenvalue weighted by molar-refractivity contribution is -0.131. The van der Waals surface area contributed by atoms with Crippen LogP contribution in [-0.4, -0.2) is 52.9 Å². The zero-order valence-corrected chi connectivity index (χ0v) is 12.3. The Morgan fingerprint density at radius 2 is 1.79 bits per heavy atom. The maximum Gasteiger partial charge on any atom is 0.222 e. The molecule has 19 heavy (non-hydrogen) atoms. The molecule has 4 N–H and O–H groups in total. The number of carbonyl (C=O) groups is 1. The molecule has 0 radical (unpaired) electrons. The van der Waals surface area contributed by atoms with Gasteiger partial charge in [-0.3, -0.25) is 4.79 Å². The monoisotopic (exact) mass is 272 g/mol. The largest absolute Gasteiger partial charge is 0.388 e. The first kappa shape index (κ1) is 16.4. The van der Waals surface area contributed by atoms with Crippen LogP contribution >= 0.6 is 0 Å². The zero-order valence-electron chi connectivity index (χ0n) is 12.3. The Morgan fingerprint density at radius 3 is 2.21 bits per heavy atom. The molecule has 0 aromatic carbocycles. The minimum atomic E-state index is -0.800. The fraction of sp³-hybridized carbons (Fsp3) is 0.929. The fourth-order valence-corrected chi connectivity index (χ4v) is 2.64. The standard InChI is InChI=1S/C14H28N2O3/c1-14(2,3)10(6-7-15)4-5-13(19)16-8-11(17)12(18)9-16/h10-12,17-18H,4-9,15H2,1-3H3/t10?,11-,12+. The van der Waals surface area contributed by atoms with Gasteiger partial charge in [-0.05, 0) is 30.7 Å². The molecule has 3 atom stereocenters. The molecule has 1 aliphatic rings. The predicted octanol–water partition coefficient (Wildman–Crippen LogP) is 0.342. The number of rotatable bonds is 5. The Labute approximate surface area is 115 Å². The smallest absolute Gasteiger partial charge is 0.222 e. The van der Waals surface area contributed by atoms with Crippen LogP contribution in [0.3, 0.4) is 0 Å². The molecule has 1 fully saturated rings. The molecule has 1 aliphatic heterocycles. The van der Waals surface area contributed by atoms with Crippen LogP contribution in [-0.2, 0) is 4.79 Å². The van der Waals surface area contributed by atoms with Gasteiger partial charge in [-0.2, -0.15) is 0 Å². The molecule has 0 bridgehead atoms. The highest BCUT2D eigenvalue weighted by molar-refractivity contribution is 5.76. The van der Waals surface area contributed by atoms with E-state index < -0.39 is 12.2 Å². The summed E-state index contributed by atoms with van der Waals surface area (Å²) in [5.74, 6) is 0.431. The van der Waals surface area contributed by atoms with E-state index in [2.05, 4.69) is 20.8 Å². The van der Waals surface area contributed by atoms with Gasteiger partial charge in [0.2, 0.25) is 5.91 Å². The van der Waals surface area contributed by atoms with Crippen LogP contribution in [0.25, 0.3) is 0 Å². The van der Waals surface area contributed by atoms with Gasteiger partial charge in [0.15, 0.2) is 0 Å². The summed E-state index contributed by atoms with van der Waals surface area (Å²) >= 11 is 0. The highest BCUT2D eigenvalue weighted by Gasteiger charge is 2.33. The number of nitrogens with zero attached hydrogens (tertiary/aromatic N) is 1. The number of hydrogen-bond acceptors (Lipinski definition) is 4. The van der Waals surface area contributed by atoms with Gasteiger partial charge < -0.3 is 20.8 Å². The summed E-state index contributed by atoms with van der Waals surface area (Å²) in [4.78, 5) is 13.6. The van der Waals surface area contributed by atoms with Crippen LogP contribution in [0.1, 0.15) is 40.0 Å². The van der Waals surface area contributed by atoms with Gasteiger partial charge >= 0.3 is 0 Å². The van der Waals surface area contributed by atoms with Crippen LogP contribution in [0, 0.1) is 11.3 Å². The Hall–Kier alpha value is -0.650. The maximum atomic E-state index is 12.0. The molecule has 112 valence electrons. The summed E-state index contributed by atoms with van der Waals surface area (Å²) in [7, 11) is 0. The highest BCUT2D eigenvalue weighted by Crippen LogP contribution is 2.32. The second kappa shape index (κ2) is 6.68. The molecular weight excluding hydrogens is 244 g/mol. The summed E-state index contributed by atoms with van der Waals surface area (Å²) in [5, 5.41) is 18.9. The van der Waals surface area contributed by atoms with Crippen molar-refractivity contribution in [1.29, 1.82) is 0 Å². The van der Waals surface area contributed by atoms with Gasteiger partial charge in [-0.1, -0.05) is 20.8 Å². The zero-order chi connectivity index (χ0) is 14.6. The number of amides is 1. The number of nitrogens with two attached hydrogens (primary N) is 1. The van der Waals surface area contributed by atoms with Crippen molar-refractivity contribution in [3.05, 3.63) is 0 Å². The topological polar surface area (TPSA) is 86.8 Å². The number of aliphatic hydroxyl groups excluding tert-OH is 2. The molecule has 5 heteroatoms. The van der Waals surface area contributed by atoms with E-state index in [4.69, 9.17) is 5.73 Å². The van der Waals surface area contributed by atoms with Crippen molar-refractivity contribution in [3.8, 4) is 0 Å². The molecular formula is C14H28N2O3. The lowest BCUT2D eigenvalue weighted by Crippen LogP contribution is -2.31. The Kier molecular flexibility index (Phi) is 5.77. The van der Waals surface area contributed by atoms with Crippen molar-refractivity contribution in [2.75, 3.05) is 19.6 Å². The van der Waals surface area contributed by atoms with E-state index in [1.165, 1.54) is 0 Å². The summed E-state index contributed by atoms with van der Waals surface area (Å²) < 4.78 is 0. The first-order valence-corrected chi connectivity index (χ1v) is 7.09. The molecule has 1 heterocycles. The van der Waals surface area contributed by atoms with E-state index >= 15 is 0 Å². The first-order valence-electron chi connectivity index (χ1n) is 7.09. The predicted molar refractivity (Wildman–Crippen MR) is 74.4 cm³/mol. The second-order valence-corrected chi connectivity index (χ2v) is 6.61. The number of hydrogen-bond donors (Lipinski definition) is 3. The van der Waals surface area contributed by atoms with Gasteiger partial charge in [0.25, 0.3) is 0 Å². The summed E-state index contributed by atoms with van der Waals surface area (Å²) in [6.45, 7) is 7.63. The molecule has 1 rings (SSSR count). The Balaban J connectivity index is 2.44. The van der Waals surface area contributed by atoms with E-state index in [1.807, 2.05) is 0 Å². The van der Waals surface area contributed by atoms with Crippen molar-refractivity contribution in [2.45, 2.75) is 52.2 Å². The molecule has 0 spiro atoms. The van der Waals surface area contributed by atoms with Gasteiger partial charge in [0, 0.05) is 19.5 Å². The summed E-state index contributed by atoms with van der Waals surface area (Å²) in [5.41, 5.74) is 5.77. The van der Waals surface area contributed by atoms with Crippen LogP contribution in [0.15, 0.2) is 0 Å². The van der Waals surface area contributed by atoms with E-state index in [0.29, 0.717) is 18.9 Å². The minimum Gasteiger partial charge on any atom is -0.388 e. The third-order valence-corrected chi connectivity index (χ3v) is 4.06. The Morgan fingerprint density at radius 1 is 1.26 bits per heavy atom. The van der Waals surface area contributed by atoms with Crippen LogP contribution in [0.5, 0.6) is 0 Å². The second-order valence-electron chi connectivity index (χ2n) is 6.61. The van der Waals surface area contributed by atoms with Gasteiger partial charge in [0.1, 0.15) is 0 Å². The third kappa shape index (κ3) is 4.75. The fourth-order valence-electron chi connectivity index (χ4n) is 2.64.